The molecule has 2 aromatic rings. The van der Waals surface area contributed by atoms with Crippen molar-refractivity contribution in [2.45, 2.75) is 6.54 Å². The van der Waals surface area contributed by atoms with Crippen LogP contribution in [-0.4, -0.2) is 9.78 Å². The van der Waals surface area contributed by atoms with Gasteiger partial charge in [0, 0.05) is 11.1 Å². The fraction of sp³-hybridized carbons (Fsp3) is 0.0909. The zero-order chi connectivity index (χ0) is 12.4. The zero-order valence-electron chi connectivity index (χ0n) is 8.73. The summed E-state index contributed by atoms with van der Waals surface area (Å²) in [6.45, 7) is 0.179. The third-order valence-corrected chi connectivity index (χ3v) is 2.58. The van der Waals surface area contributed by atoms with Gasteiger partial charge in [0.15, 0.2) is 0 Å². The molecule has 1 heterocycles. The summed E-state index contributed by atoms with van der Waals surface area (Å²) in [6, 6.07) is 5.26. The van der Waals surface area contributed by atoms with Gasteiger partial charge in [0.2, 0.25) is 0 Å². The Labute approximate surface area is 101 Å². The van der Waals surface area contributed by atoms with Crippen LogP contribution in [0, 0.1) is 5.82 Å². The summed E-state index contributed by atoms with van der Waals surface area (Å²) in [5.74, 6) is -0.420. The predicted octanol–water partition coefficient (Wildman–Crippen LogP) is 1.67. The van der Waals surface area contributed by atoms with E-state index in [0.29, 0.717) is 11.3 Å². The average Bonchev–Trinajstić information content (AvgIpc) is 2.25. The highest BCUT2D eigenvalue weighted by Crippen LogP contribution is 2.17. The van der Waals surface area contributed by atoms with Gasteiger partial charge in [-0.05, 0) is 17.7 Å². The van der Waals surface area contributed by atoms with Gasteiger partial charge in [-0.15, -0.1) is 0 Å². The molecule has 0 aliphatic rings. The maximum Gasteiger partial charge on any atom is 0.269 e. The van der Waals surface area contributed by atoms with Gasteiger partial charge in [0.05, 0.1) is 18.4 Å². The molecule has 1 aromatic carbocycles. The highest BCUT2D eigenvalue weighted by molar-refractivity contribution is 6.31. The zero-order valence-corrected chi connectivity index (χ0v) is 9.49. The molecule has 0 unspecified atom stereocenters. The summed E-state index contributed by atoms with van der Waals surface area (Å²) < 4.78 is 14.0. The molecule has 0 aliphatic heterocycles. The van der Waals surface area contributed by atoms with Gasteiger partial charge in [0.25, 0.3) is 5.56 Å². The first kappa shape index (κ1) is 11.6. The van der Waals surface area contributed by atoms with E-state index >= 15 is 0 Å². The molecule has 0 spiro atoms. The molecule has 0 fully saturated rings. The van der Waals surface area contributed by atoms with E-state index < -0.39 is 5.82 Å². The lowest BCUT2D eigenvalue weighted by Crippen LogP contribution is -2.23. The number of rotatable bonds is 2. The van der Waals surface area contributed by atoms with E-state index in [0.717, 1.165) is 0 Å². The van der Waals surface area contributed by atoms with Gasteiger partial charge >= 0.3 is 0 Å². The summed E-state index contributed by atoms with van der Waals surface area (Å²) in [4.78, 5) is 11.5. The second-order valence-electron chi connectivity index (χ2n) is 3.52. The Morgan fingerprint density at radius 2 is 2.18 bits per heavy atom. The van der Waals surface area contributed by atoms with Crippen LogP contribution in [-0.2, 0) is 6.54 Å². The van der Waals surface area contributed by atoms with Crippen LogP contribution < -0.4 is 11.3 Å². The molecule has 1 aromatic heterocycles. The van der Waals surface area contributed by atoms with E-state index in [2.05, 4.69) is 5.10 Å². The lowest BCUT2D eigenvalue weighted by molar-refractivity contribution is 0.619. The number of halogens is 2. The molecule has 0 bridgehead atoms. The molecule has 0 saturated heterocycles. The Balaban J connectivity index is 2.35. The highest BCUT2D eigenvalue weighted by atomic mass is 35.5. The number of nitrogens with two attached hydrogens (primary N) is 1. The minimum Gasteiger partial charge on any atom is -0.397 e. The van der Waals surface area contributed by atoms with Crippen LogP contribution in [0.3, 0.4) is 0 Å². The van der Waals surface area contributed by atoms with E-state index in [4.69, 9.17) is 17.3 Å². The van der Waals surface area contributed by atoms with E-state index in [1.807, 2.05) is 0 Å². The van der Waals surface area contributed by atoms with Crippen molar-refractivity contribution in [1.82, 2.24) is 9.78 Å². The number of anilines is 1. The molecule has 88 valence electrons. The summed E-state index contributed by atoms with van der Waals surface area (Å²) in [5, 5.41) is 4.12. The van der Waals surface area contributed by atoms with E-state index in [-0.39, 0.29) is 17.1 Å². The Kier molecular flexibility index (Phi) is 3.10. The first-order chi connectivity index (χ1) is 8.06. The van der Waals surface area contributed by atoms with E-state index in [1.54, 1.807) is 0 Å². The van der Waals surface area contributed by atoms with Gasteiger partial charge < -0.3 is 5.73 Å². The van der Waals surface area contributed by atoms with Crippen LogP contribution in [0.4, 0.5) is 10.1 Å². The fourth-order valence-electron chi connectivity index (χ4n) is 1.38. The number of hydrogen-bond acceptors (Lipinski definition) is 3. The largest absolute Gasteiger partial charge is 0.397 e. The first-order valence-electron chi connectivity index (χ1n) is 4.83. The molecule has 2 N–H and O–H groups in total. The van der Waals surface area contributed by atoms with E-state index in [9.17, 15) is 9.18 Å². The SMILES string of the molecule is Nc1cnn(Cc2ccc(F)cc2Cl)c(=O)c1. The predicted molar refractivity (Wildman–Crippen MR) is 63.4 cm³/mol. The molecule has 6 heteroatoms. The Morgan fingerprint density at radius 3 is 2.82 bits per heavy atom. The number of nitrogen functional groups attached to an aromatic ring is 1. The first-order valence-corrected chi connectivity index (χ1v) is 5.20. The van der Waals surface area contributed by atoms with Crippen LogP contribution in [0.1, 0.15) is 5.56 Å². The number of benzene rings is 1. The Morgan fingerprint density at radius 1 is 1.41 bits per heavy atom. The van der Waals surface area contributed by atoms with E-state index in [1.165, 1.54) is 35.1 Å². The Bertz CT molecular complexity index is 612. The number of aromatic nitrogens is 2. The third-order valence-electron chi connectivity index (χ3n) is 2.23. The van der Waals surface area contributed by atoms with Crippen LogP contribution >= 0.6 is 11.6 Å². The standard InChI is InChI=1S/C11H9ClFN3O/c12-10-3-8(13)2-1-7(10)6-16-11(17)4-9(14)5-15-16/h1-5H,6,14H2. The molecule has 17 heavy (non-hydrogen) atoms. The van der Waals surface area contributed by atoms with Crippen molar-refractivity contribution < 1.29 is 4.39 Å². The van der Waals surface area contributed by atoms with Crippen molar-refractivity contribution in [3.8, 4) is 0 Å². The lowest BCUT2D eigenvalue weighted by Gasteiger charge is -2.06. The molecule has 0 saturated carbocycles. The number of nitrogens with zero attached hydrogens (tertiary/aromatic N) is 2. The molecule has 2 rings (SSSR count). The van der Waals surface area contributed by atoms with Crippen molar-refractivity contribution in [2.24, 2.45) is 0 Å². The molecule has 0 atom stereocenters. The summed E-state index contributed by atoms with van der Waals surface area (Å²) in [6.07, 6.45) is 1.37. The topological polar surface area (TPSA) is 60.9 Å². The van der Waals surface area contributed by atoms with Crippen molar-refractivity contribution in [1.29, 1.82) is 0 Å². The second kappa shape index (κ2) is 4.55. The van der Waals surface area contributed by atoms with Gasteiger partial charge in [-0.2, -0.15) is 5.10 Å². The number of hydrogen-bond donors (Lipinski definition) is 1. The highest BCUT2D eigenvalue weighted by Gasteiger charge is 2.05. The monoisotopic (exact) mass is 253 g/mol. The summed E-state index contributed by atoms with van der Waals surface area (Å²) in [7, 11) is 0. The van der Waals surface area contributed by atoms with Gasteiger partial charge in [-0.3, -0.25) is 4.79 Å². The Hall–Kier alpha value is -1.88. The van der Waals surface area contributed by atoms with Crippen LogP contribution in [0.25, 0.3) is 0 Å². The van der Waals surface area contributed by atoms with Gasteiger partial charge in [0.1, 0.15) is 5.82 Å². The van der Waals surface area contributed by atoms with Crippen molar-refractivity contribution in [2.75, 3.05) is 5.73 Å². The van der Waals surface area contributed by atoms with Crippen LogP contribution in [0.15, 0.2) is 35.3 Å². The summed E-state index contributed by atoms with van der Waals surface area (Å²) in [5.41, 5.74) is 6.01. The minimum atomic E-state index is -0.420. The third kappa shape index (κ3) is 2.62. The van der Waals surface area contributed by atoms with Crippen molar-refractivity contribution in [3.63, 3.8) is 0 Å². The van der Waals surface area contributed by atoms with Crippen LogP contribution in [0.2, 0.25) is 5.02 Å². The molecular formula is C11H9ClFN3O. The maximum absolute atomic E-state index is 12.8. The van der Waals surface area contributed by atoms with Crippen molar-refractivity contribution >= 4 is 17.3 Å². The van der Waals surface area contributed by atoms with Crippen LogP contribution in [0.5, 0.6) is 0 Å². The fourth-order valence-corrected chi connectivity index (χ4v) is 1.60. The molecular weight excluding hydrogens is 245 g/mol. The molecule has 0 aliphatic carbocycles. The normalized spacial score (nSPS) is 10.5. The van der Waals surface area contributed by atoms with Gasteiger partial charge in [-0.1, -0.05) is 17.7 Å². The quantitative estimate of drug-likeness (QED) is 0.886. The molecule has 0 amide bonds. The lowest BCUT2D eigenvalue weighted by atomic mass is 10.2. The van der Waals surface area contributed by atoms with Crippen molar-refractivity contribution in [3.05, 3.63) is 57.2 Å². The molecule has 4 nitrogen and oxygen atoms in total. The second-order valence-corrected chi connectivity index (χ2v) is 3.93. The average molecular weight is 254 g/mol. The maximum atomic E-state index is 12.8. The smallest absolute Gasteiger partial charge is 0.269 e. The van der Waals surface area contributed by atoms with Gasteiger partial charge in [-0.25, -0.2) is 9.07 Å². The molecule has 0 radical (unpaired) electrons. The summed E-state index contributed by atoms with van der Waals surface area (Å²) >= 11 is 5.86. The minimum absolute atomic E-state index is 0.179.